The molecule has 1 fully saturated rings. The van der Waals surface area contributed by atoms with E-state index < -0.39 is 18.1 Å². The molecule has 210 valence electrons. The van der Waals surface area contributed by atoms with Crippen molar-refractivity contribution in [2.75, 3.05) is 29.4 Å². The summed E-state index contributed by atoms with van der Waals surface area (Å²) >= 11 is 0. The first-order chi connectivity index (χ1) is 18.9. The third-order valence-corrected chi connectivity index (χ3v) is 8.19. The monoisotopic (exact) mass is 550 g/mol. The Morgan fingerprint density at radius 2 is 1.95 bits per heavy atom. The van der Waals surface area contributed by atoms with Crippen LogP contribution >= 0.6 is 0 Å². The Kier molecular flexibility index (Phi) is 6.19. The number of hydrogen-bond donors (Lipinski definition) is 2. The number of nitrogens with zero attached hydrogens (tertiary/aromatic N) is 6. The molecule has 9 nitrogen and oxygen atoms in total. The molecule has 2 atom stereocenters. The molecule has 3 aromatic heterocycles. The molecular weight excluding hydrogens is 518 g/mol. The lowest BCUT2D eigenvalue weighted by Crippen LogP contribution is -2.37. The van der Waals surface area contributed by atoms with Gasteiger partial charge in [0.15, 0.2) is 0 Å². The number of halogens is 2. The van der Waals surface area contributed by atoms with Gasteiger partial charge in [0.1, 0.15) is 23.3 Å². The molecule has 11 heteroatoms. The molecule has 2 aliphatic rings. The van der Waals surface area contributed by atoms with Gasteiger partial charge in [-0.2, -0.15) is 5.10 Å². The van der Waals surface area contributed by atoms with Crippen molar-refractivity contribution < 1.29 is 19.0 Å². The average molecular weight is 551 g/mol. The van der Waals surface area contributed by atoms with Crippen LogP contribution in [0.25, 0.3) is 22.0 Å². The molecule has 6 rings (SSSR count). The Bertz CT molecular complexity index is 1700. The van der Waals surface area contributed by atoms with Crippen LogP contribution in [0.15, 0.2) is 41.5 Å². The van der Waals surface area contributed by atoms with E-state index in [4.69, 9.17) is 4.98 Å². The Morgan fingerprint density at radius 3 is 2.60 bits per heavy atom. The van der Waals surface area contributed by atoms with Gasteiger partial charge in [-0.25, -0.2) is 13.8 Å². The molecule has 0 spiro atoms. The highest BCUT2D eigenvalue weighted by Gasteiger charge is 2.41. The number of hydrogen-bond acceptors (Lipinski definition) is 7. The number of aromatic nitrogens is 4. The van der Waals surface area contributed by atoms with Gasteiger partial charge in [0.05, 0.1) is 18.3 Å². The van der Waals surface area contributed by atoms with E-state index in [1.54, 1.807) is 72.7 Å². The number of benzene rings is 1. The summed E-state index contributed by atoms with van der Waals surface area (Å²) in [5.74, 6) is 1.04. The van der Waals surface area contributed by atoms with Crippen LogP contribution in [0.4, 0.5) is 26.1 Å². The van der Waals surface area contributed by atoms with Crippen LogP contribution in [-0.4, -0.2) is 60.9 Å². The van der Waals surface area contributed by atoms with Crippen molar-refractivity contribution in [3.63, 3.8) is 0 Å². The number of aliphatic hydroxyl groups excluding tert-OH is 1. The largest absolute Gasteiger partial charge is 0.388 e. The number of fused-ring (bicyclic) bond motifs is 2. The van der Waals surface area contributed by atoms with E-state index in [1.165, 1.54) is 0 Å². The zero-order chi connectivity index (χ0) is 28.5. The van der Waals surface area contributed by atoms with Crippen LogP contribution in [0, 0.1) is 6.92 Å². The van der Waals surface area contributed by atoms with Gasteiger partial charge in [0, 0.05) is 67.2 Å². The fourth-order valence-electron chi connectivity index (χ4n) is 5.95. The minimum Gasteiger partial charge on any atom is -0.388 e. The highest BCUT2D eigenvalue weighted by atomic mass is 19.3. The Labute approximate surface area is 229 Å². The van der Waals surface area contributed by atoms with Crippen LogP contribution in [-0.2, 0) is 20.5 Å². The van der Waals surface area contributed by atoms with Crippen molar-refractivity contribution in [2.45, 2.75) is 44.8 Å². The first kappa shape index (κ1) is 26.4. The van der Waals surface area contributed by atoms with E-state index >= 15 is 0 Å². The highest BCUT2D eigenvalue weighted by Crippen LogP contribution is 2.43. The summed E-state index contributed by atoms with van der Waals surface area (Å²) in [6, 6.07) is 6.97. The molecule has 2 N–H and O–H groups in total. The van der Waals surface area contributed by atoms with Crippen molar-refractivity contribution >= 4 is 28.2 Å². The van der Waals surface area contributed by atoms with Gasteiger partial charge in [-0.15, -0.1) is 0 Å². The molecular formula is C29H32F2N6O3. The Hall–Kier alpha value is -3.83. The van der Waals surface area contributed by atoms with Gasteiger partial charge in [-0.05, 0) is 56.0 Å². The number of aryl methyl sites for hydroxylation is 4. The van der Waals surface area contributed by atoms with E-state index in [0.29, 0.717) is 46.1 Å². The summed E-state index contributed by atoms with van der Waals surface area (Å²) in [7, 11) is 3.45. The molecule has 4 aromatic rings. The van der Waals surface area contributed by atoms with Crippen LogP contribution in [0.1, 0.15) is 36.5 Å². The lowest BCUT2D eigenvalue weighted by molar-refractivity contribution is -0.0245. The molecule has 40 heavy (non-hydrogen) atoms. The molecule has 5 heterocycles. The maximum absolute atomic E-state index is 14.4. The highest BCUT2D eigenvalue weighted by molar-refractivity contribution is 5.95. The van der Waals surface area contributed by atoms with Crippen molar-refractivity contribution in [2.24, 2.45) is 14.1 Å². The van der Waals surface area contributed by atoms with E-state index in [0.717, 1.165) is 23.8 Å². The molecule has 0 aliphatic carbocycles. The summed E-state index contributed by atoms with van der Waals surface area (Å²) < 4.78 is 32.0. The normalized spacial score (nSPS) is 21.1. The summed E-state index contributed by atoms with van der Waals surface area (Å²) in [6.07, 6.45) is 1.16. The topological polar surface area (TPSA) is 99.7 Å². The second-order valence-corrected chi connectivity index (χ2v) is 11.2. The first-order valence-corrected chi connectivity index (χ1v) is 13.3. The minimum atomic E-state index is -2.70. The quantitative estimate of drug-likeness (QED) is 0.401. The standard InChI is InChI=1S/C29H32F2N6O3/c1-16-8-21-23(35(4)28(16)39)11-25(36-14-24(38)29(2,40)15-36)33-27(21)37-7-5-6-17-9-19(18-12-32-34(3)13-18)20(26(30)31)10-22(17)37/h8-13,24,26,38,40H,5-7,14-15H2,1-4H3/t24-,29?/m1/s1. The van der Waals surface area contributed by atoms with Crippen molar-refractivity contribution in [1.82, 2.24) is 19.3 Å². The second kappa shape index (κ2) is 9.38. The van der Waals surface area contributed by atoms with Gasteiger partial charge >= 0.3 is 0 Å². The molecule has 0 saturated carbocycles. The van der Waals surface area contributed by atoms with E-state index in [9.17, 15) is 23.8 Å². The number of pyridine rings is 2. The molecule has 0 bridgehead atoms. The number of alkyl halides is 2. The van der Waals surface area contributed by atoms with Gasteiger partial charge in [-0.1, -0.05) is 0 Å². The summed E-state index contributed by atoms with van der Waals surface area (Å²) in [4.78, 5) is 21.6. The van der Waals surface area contributed by atoms with Crippen LogP contribution in [0.3, 0.4) is 0 Å². The second-order valence-electron chi connectivity index (χ2n) is 11.2. The van der Waals surface area contributed by atoms with Gasteiger partial charge in [0.25, 0.3) is 12.0 Å². The maximum atomic E-state index is 14.4. The number of β-amino-alcohol motifs (C(OH)–C–C–N with tert-alkyl or cyclic N) is 2. The maximum Gasteiger partial charge on any atom is 0.264 e. The number of aliphatic hydroxyl groups is 2. The van der Waals surface area contributed by atoms with Crippen LogP contribution < -0.4 is 15.4 Å². The van der Waals surface area contributed by atoms with Crippen LogP contribution in [0.2, 0.25) is 0 Å². The fourth-order valence-corrected chi connectivity index (χ4v) is 5.95. The molecule has 1 aromatic carbocycles. The molecule has 1 unspecified atom stereocenters. The van der Waals surface area contributed by atoms with E-state index in [1.807, 2.05) is 11.0 Å². The first-order valence-electron chi connectivity index (χ1n) is 13.3. The molecule has 1 saturated heterocycles. The molecule has 2 aliphatic heterocycles. The SMILES string of the molecule is Cc1cc2c(N3CCCc4cc(-c5cnn(C)c5)c(C(F)F)cc43)nc(N3C[C@@H](O)C(C)(O)C3)cc2n(C)c1=O. The van der Waals surface area contributed by atoms with Crippen molar-refractivity contribution in [3.05, 3.63) is 63.7 Å². The van der Waals surface area contributed by atoms with Crippen LogP contribution in [0.5, 0.6) is 0 Å². The smallest absolute Gasteiger partial charge is 0.264 e. The molecule has 0 amide bonds. The Balaban J connectivity index is 1.57. The van der Waals surface area contributed by atoms with Gasteiger partial charge in [-0.3, -0.25) is 9.48 Å². The zero-order valence-electron chi connectivity index (χ0n) is 22.9. The lowest BCUT2D eigenvalue weighted by Gasteiger charge is -2.33. The van der Waals surface area contributed by atoms with E-state index in [-0.39, 0.29) is 24.2 Å². The zero-order valence-corrected chi connectivity index (χ0v) is 22.9. The molecule has 0 radical (unpaired) electrons. The third kappa shape index (κ3) is 4.24. The Morgan fingerprint density at radius 1 is 1.18 bits per heavy atom. The van der Waals surface area contributed by atoms with Crippen molar-refractivity contribution in [3.8, 4) is 11.1 Å². The fraction of sp³-hybridized carbons (Fsp3) is 0.414. The lowest BCUT2D eigenvalue weighted by atomic mass is 9.93. The average Bonchev–Trinajstić information content (AvgIpc) is 3.47. The van der Waals surface area contributed by atoms with Crippen molar-refractivity contribution in [1.29, 1.82) is 0 Å². The number of rotatable bonds is 4. The van der Waals surface area contributed by atoms with Gasteiger partial charge in [0.2, 0.25) is 0 Å². The third-order valence-electron chi connectivity index (χ3n) is 8.19. The summed E-state index contributed by atoms with van der Waals surface area (Å²) in [5, 5.41) is 26.0. The predicted molar refractivity (Wildman–Crippen MR) is 149 cm³/mol. The summed E-state index contributed by atoms with van der Waals surface area (Å²) in [5.41, 5.74) is 2.30. The van der Waals surface area contributed by atoms with Gasteiger partial charge < -0.3 is 24.6 Å². The predicted octanol–water partition coefficient (Wildman–Crippen LogP) is 3.60. The van der Waals surface area contributed by atoms with E-state index in [2.05, 4.69) is 5.10 Å². The minimum absolute atomic E-state index is 0.0820. The summed E-state index contributed by atoms with van der Waals surface area (Å²) in [6.45, 7) is 4.20. The number of anilines is 3.